The Bertz CT molecular complexity index is 638. The Labute approximate surface area is 258 Å². The third-order valence-corrected chi connectivity index (χ3v) is 16.4. The van der Waals surface area contributed by atoms with Gasteiger partial charge in [-0.1, -0.05) is 95.6 Å². The fraction of sp³-hybridized carbons (Fsp3) is 0.867. The van der Waals surface area contributed by atoms with Crippen LogP contribution in [0.1, 0.15) is 96.9 Å². The van der Waals surface area contributed by atoms with Gasteiger partial charge < -0.3 is 13.6 Å². The first-order valence-corrected chi connectivity index (χ1v) is 21.2. The first-order chi connectivity index (χ1) is 16.8. The predicted molar refractivity (Wildman–Crippen MR) is 186 cm³/mol. The maximum Gasteiger partial charge on any atom is 0.327 e. The summed E-state index contributed by atoms with van der Waals surface area (Å²) in [5, 5.41) is 1.59. The average Bonchev–Trinajstić information content (AvgIpc) is 2.78. The Hall–Kier alpha value is 0.334. The van der Waals surface area contributed by atoms with Gasteiger partial charge in [-0.15, -0.1) is 0 Å². The van der Waals surface area contributed by atoms with Crippen molar-refractivity contribution >= 4 is 41.3 Å². The van der Waals surface area contributed by atoms with Crippen molar-refractivity contribution in [3.05, 3.63) is 23.3 Å². The van der Waals surface area contributed by atoms with Gasteiger partial charge in [0.2, 0.25) is 0 Å². The molecule has 0 radical (unpaired) electrons. The number of alkyl halides is 1. The smallest absolute Gasteiger partial charge is 0.327 e. The van der Waals surface area contributed by atoms with E-state index in [1.54, 1.807) is 0 Å². The monoisotopic (exact) mass is 674 g/mol. The molecule has 0 amide bonds. The summed E-state index contributed by atoms with van der Waals surface area (Å²) >= 11 is 3.42. The van der Waals surface area contributed by atoms with E-state index in [4.69, 9.17) is 18.1 Å². The quantitative estimate of drug-likeness (QED) is 0.0603. The van der Waals surface area contributed by atoms with Gasteiger partial charge >= 0.3 is 8.69 Å². The Morgan fingerprint density at radius 2 is 1.13 bits per heavy atom. The van der Waals surface area contributed by atoms with Gasteiger partial charge in [-0.2, -0.15) is 0 Å². The highest BCUT2D eigenvalue weighted by Gasteiger charge is 2.37. The van der Waals surface area contributed by atoms with E-state index in [1.807, 2.05) is 13.8 Å². The van der Waals surface area contributed by atoms with Crippen LogP contribution in [0.3, 0.4) is 0 Å². The molecule has 5 nitrogen and oxygen atoms in total. The van der Waals surface area contributed by atoms with E-state index < -0.39 is 16.6 Å². The highest BCUT2D eigenvalue weighted by molar-refractivity contribution is 9.09. The fourth-order valence-corrected chi connectivity index (χ4v) is 4.49. The predicted octanol–water partition coefficient (Wildman–Crippen LogP) is 11.6. The highest BCUT2D eigenvalue weighted by Crippen LogP contribution is 2.37. The molecule has 39 heavy (non-hydrogen) atoms. The van der Waals surface area contributed by atoms with Crippen LogP contribution in [0.15, 0.2) is 23.3 Å². The molecule has 0 heterocycles. The second-order valence-electron chi connectivity index (χ2n) is 12.2. The number of halogens is 1. The summed E-state index contributed by atoms with van der Waals surface area (Å²) in [6.45, 7) is 34.5. The molecule has 0 spiro atoms. The van der Waals surface area contributed by atoms with Crippen molar-refractivity contribution in [3.8, 4) is 0 Å². The molecule has 0 rings (SSSR count). The van der Waals surface area contributed by atoms with Gasteiger partial charge in [-0.05, 0) is 76.8 Å². The first-order valence-electron chi connectivity index (χ1n) is 13.5. The number of hydrogen-bond acceptors (Lipinski definition) is 5. The molecule has 0 bridgehead atoms. The van der Waals surface area contributed by atoms with E-state index in [1.165, 1.54) is 11.1 Å². The molecule has 0 aromatic rings. The highest BCUT2D eigenvalue weighted by atomic mass is 79.9. The fourth-order valence-electron chi connectivity index (χ4n) is 2.04. The number of ether oxygens (including phenoxy) is 1. The summed E-state index contributed by atoms with van der Waals surface area (Å²) in [6.07, 6.45) is 6.20. The van der Waals surface area contributed by atoms with Gasteiger partial charge in [0.15, 0.2) is 16.6 Å². The van der Waals surface area contributed by atoms with Crippen LogP contribution in [0.4, 0.5) is 0 Å². The normalized spacial score (nSPS) is 12.9. The summed E-state index contributed by atoms with van der Waals surface area (Å²) in [6, 6.07) is 0. The van der Waals surface area contributed by atoms with Crippen LogP contribution < -0.4 is 0 Å². The maximum atomic E-state index is 10.1. The van der Waals surface area contributed by atoms with Crippen molar-refractivity contribution < 1.29 is 22.7 Å². The SMILES string of the molecule is C.C.C/C(=C/CCBr)CO[Si](C)(C)C(C)(C)C.C/C(=C/CCOP=O)CO[Si](C)(C)C(C)(C)C.CCOCC. The lowest BCUT2D eigenvalue weighted by atomic mass is 10.2. The molecule has 0 aliphatic rings. The lowest BCUT2D eigenvalue weighted by molar-refractivity contribution is 0.162. The molecule has 0 aliphatic carbocycles. The van der Waals surface area contributed by atoms with Crippen LogP contribution in [-0.2, 0) is 22.7 Å². The third kappa shape index (κ3) is 28.2. The minimum absolute atomic E-state index is 0. The summed E-state index contributed by atoms with van der Waals surface area (Å²) in [5.74, 6) is 0. The van der Waals surface area contributed by atoms with Gasteiger partial charge in [-0.3, -0.25) is 4.52 Å². The Balaban J connectivity index is -0.000000162. The standard InChI is InChI=1S/C12H25BrOSi.C12H25O3PSi.C4H10O.2CH4/c1-11(8-7-9-13)10-14-15(5,6)12(2,3)4;1-11(8-7-9-14-16-13)10-15-17(5,6)12(2,3)4;1-3-5-4-2;;/h8H,7,9-10H2,1-6H3;8H,7,9-10H2,1-6H3;3-4H2,1-2H3;2*1H4/b2*11-8-;;;. The van der Waals surface area contributed by atoms with Crippen molar-refractivity contribution in [2.75, 3.05) is 38.4 Å². The molecule has 0 atom stereocenters. The Morgan fingerprint density at radius 1 is 0.769 bits per heavy atom. The minimum atomic E-state index is -1.65. The molecule has 0 saturated heterocycles. The summed E-state index contributed by atoms with van der Waals surface area (Å²) in [4.78, 5) is 0. The van der Waals surface area contributed by atoms with Crippen molar-refractivity contribution in [1.29, 1.82) is 0 Å². The van der Waals surface area contributed by atoms with Crippen molar-refractivity contribution in [1.82, 2.24) is 0 Å². The van der Waals surface area contributed by atoms with E-state index in [2.05, 4.69) is 110 Å². The van der Waals surface area contributed by atoms with E-state index in [-0.39, 0.29) is 28.6 Å². The van der Waals surface area contributed by atoms with E-state index in [0.29, 0.717) is 18.3 Å². The minimum Gasteiger partial charge on any atom is -0.413 e. The van der Waals surface area contributed by atoms with Gasteiger partial charge in [-0.25, -0.2) is 4.57 Å². The first kappa shape index (κ1) is 49.0. The molecular weight excluding hydrogens is 607 g/mol. The summed E-state index contributed by atoms with van der Waals surface area (Å²) in [5.41, 5.74) is 2.56. The molecule has 0 saturated carbocycles. The largest absolute Gasteiger partial charge is 0.413 e. The van der Waals surface area contributed by atoms with Crippen LogP contribution >= 0.6 is 24.6 Å². The molecule has 0 aromatic heterocycles. The van der Waals surface area contributed by atoms with E-state index in [0.717, 1.165) is 38.0 Å². The zero-order valence-corrected chi connectivity index (χ0v) is 31.2. The zero-order valence-electron chi connectivity index (χ0n) is 26.7. The third-order valence-electron chi connectivity index (χ3n) is 6.70. The second-order valence-corrected chi connectivity index (χ2v) is 23.0. The molecule has 0 aliphatic heterocycles. The van der Waals surface area contributed by atoms with Crippen LogP contribution in [0, 0.1) is 0 Å². The lowest BCUT2D eigenvalue weighted by Crippen LogP contribution is -2.41. The van der Waals surface area contributed by atoms with E-state index in [9.17, 15) is 4.57 Å². The van der Waals surface area contributed by atoms with Crippen LogP contribution in [0.5, 0.6) is 0 Å². The molecular formula is C30H68BrO5PSi2. The second kappa shape index (κ2) is 26.0. The average molecular weight is 676 g/mol. The van der Waals surface area contributed by atoms with Crippen LogP contribution in [0.2, 0.25) is 36.3 Å². The molecule has 238 valence electrons. The van der Waals surface area contributed by atoms with Crippen LogP contribution in [0.25, 0.3) is 0 Å². The Morgan fingerprint density at radius 3 is 1.38 bits per heavy atom. The molecule has 0 aromatic carbocycles. The molecule has 9 heteroatoms. The maximum absolute atomic E-state index is 10.1. The number of allylic oxidation sites excluding steroid dienone is 1. The van der Waals surface area contributed by atoms with Crippen molar-refractivity contribution in [2.24, 2.45) is 0 Å². The van der Waals surface area contributed by atoms with Crippen LogP contribution in [-0.4, -0.2) is 55.0 Å². The van der Waals surface area contributed by atoms with Gasteiger partial charge in [0, 0.05) is 18.5 Å². The number of hydrogen-bond donors (Lipinski definition) is 0. The van der Waals surface area contributed by atoms with Crippen molar-refractivity contribution in [3.63, 3.8) is 0 Å². The van der Waals surface area contributed by atoms with Gasteiger partial charge in [0.05, 0.1) is 19.8 Å². The summed E-state index contributed by atoms with van der Waals surface area (Å²) < 4.78 is 31.8. The lowest BCUT2D eigenvalue weighted by Gasteiger charge is -2.36. The molecule has 0 unspecified atom stereocenters. The van der Waals surface area contributed by atoms with Gasteiger partial charge in [0.1, 0.15) is 0 Å². The zero-order chi connectivity index (χ0) is 29.8. The number of rotatable bonds is 14. The van der Waals surface area contributed by atoms with Gasteiger partial charge in [0.25, 0.3) is 0 Å². The Kier molecular flexibility index (Phi) is 32.7. The van der Waals surface area contributed by atoms with Crippen molar-refractivity contribution in [2.45, 2.75) is 133 Å². The van der Waals surface area contributed by atoms with E-state index >= 15 is 0 Å². The molecule has 0 fully saturated rings. The topological polar surface area (TPSA) is 54.0 Å². The summed E-state index contributed by atoms with van der Waals surface area (Å²) in [7, 11) is -3.45. The molecule has 0 N–H and O–H groups in total.